The van der Waals surface area contributed by atoms with Crippen LogP contribution in [0.4, 0.5) is 0 Å². The molecular weight excluding hydrogens is 240 g/mol. The Morgan fingerprint density at radius 3 is 2.53 bits per heavy atom. The fourth-order valence-electron chi connectivity index (χ4n) is 2.44. The number of nitrogens with one attached hydrogen (secondary N) is 2. The maximum absolute atomic E-state index is 12.2. The smallest absolute Gasteiger partial charge is 0.244 e. The van der Waals surface area contributed by atoms with E-state index in [1.165, 1.54) is 5.56 Å². The van der Waals surface area contributed by atoms with Crippen LogP contribution in [-0.4, -0.2) is 20.1 Å². The van der Waals surface area contributed by atoms with Gasteiger partial charge in [-0.2, -0.15) is 0 Å². The summed E-state index contributed by atoms with van der Waals surface area (Å²) in [5.41, 5.74) is 7.21. The van der Waals surface area contributed by atoms with Crippen molar-refractivity contribution in [3.8, 4) is 5.75 Å². The topological polar surface area (TPSA) is 50.4 Å². The number of amides is 1. The zero-order chi connectivity index (χ0) is 14.0. The summed E-state index contributed by atoms with van der Waals surface area (Å²) >= 11 is 0. The Morgan fingerprint density at radius 1 is 1.37 bits per heavy atom. The molecule has 1 aromatic rings. The average Bonchev–Trinajstić information content (AvgIpc) is 3.19. The van der Waals surface area contributed by atoms with Crippen LogP contribution in [0, 0.1) is 0 Å². The van der Waals surface area contributed by atoms with Crippen molar-refractivity contribution < 1.29 is 9.53 Å². The van der Waals surface area contributed by atoms with Crippen LogP contribution >= 0.6 is 0 Å². The van der Waals surface area contributed by atoms with Gasteiger partial charge in [0, 0.05) is 12.6 Å². The van der Waals surface area contributed by atoms with Crippen molar-refractivity contribution in [1.82, 2.24) is 10.9 Å². The van der Waals surface area contributed by atoms with Crippen molar-refractivity contribution in [2.24, 2.45) is 0 Å². The normalized spacial score (nSPS) is 16.3. The molecule has 19 heavy (non-hydrogen) atoms. The van der Waals surface area contributed by atoms with Gasteiger partial charge in [0.1, 0.15) is 5.75 Å². The van der Waals surface area contributed by atoms with Crippen LogP contribution in [0.15, 0.2) is 18.2 Å². The van der Waals surface area contributed by atoms with E-state index in [4.69, 9.17) is 4.74 Å². The molecule has 4 nitrogen and oxygen atoms in total. The van der Waals surface area contributed by atoms with Gasteiger partial charge in [-0.1, -0.05) is 26.0 Å². The van der Waals surface area contributed by atoms with E-state index in [1.54, 1.807) is 14.2 Å². The lowest BCUT2D eigenvalue weighted by Crippen LogP contribution is -2.41. The Morgan fingerprint density at radius 2 is 2.05 bits per heavy atom. The standard InChI is InChI=1S/C15H22N2O2/c1-10(2)11-5-6-12(13(9-11)19-4)15(7-8-15)14(18)17-16-3/h5-6,9-10,16H,7-8H2,1-4H3,(H,17,18). The highest BCUT2D eigenvalue weighted by atomic mass is 16.5. The number of benzene rings is 1. The molecule has 1 saturated carbocycles. The lowest BCUT2D eigenvalue weighted by atomic mass is 9.91. The highest BCUT2D eigenvalue weighted by Gasteiger charge is 2.52. The fraction of sp³-hybridized carbons (Fsp3) is 0.533. The van der Waals surface area contributed by atoms with Gasteiger partial charge in [0.25, 0.3) is 0 Å². The molecule has 0 atom stereocenters. The van der Waals surface area contributed by atoms with Crippen molar-refractivity contribution in [2.45, 2.75) is 38.0 Å². The zero-order valence-corrected chi connectivity index (χ0v) is 12.0. The second-order valence-corrected chi connectivity index (χ2v) is 5.40. The van der Waals surface area contributed by atoms with Gasteiger partial charge in [-0.25, -0.2) is 5.43 Å². The van der Waals surface area contributed by atoms with Crippen LogP contribution in [0.3, 0.4) is 0 Å². The van der Waals surface area contributed by atoms with Gasteiger partial charge >= 0.3 is 0 Å². The molecule has 1 aliphatic rings. The second-order valence-electron chi connectivity index (χ2n) is 5.40. The number of hydrogen-bond donors (Lipinski definition) is 2. The van der Waals surface area contributed by atoms with Gasteiger partial charge in [0.15, 0.2) is 0 Å². The summed E-state index contributed by atoms with van der Waals surface area (Å²) in [4.78, 5) is 12.2. The molecule has 0 saturated heterocycles. The summed E-state index contributed by atoms with van der Waals surface area (Å²) < 4.78 is 5.49. The lowest BCUT2D eigenvalue weighted by Gasteiger charge is -2.19. The molecule has 1 aliphatic carbocycles. The Balaban J connectivity index is 2.37. The van der Waals surface area contributed by atoms with E-state index in [9.17, 15) is 4.79 Å². The van der Waals surface area contributed by atoms with Crippen LogP contribution in [0.5, 0.6) is 5.75 Å². The quantitative estimate of drug-likeness (QED) is 0.799. The summed E-state index contributed by atoms with van der Waals surface area (Å²) in [5.74, 6) is 1.28. The van der Waals surface area contributed by atoms with E-state index in [0.717, 1.165) is 24.2 Å². The van der Waals surface area contributed by atoms with Crippen LogP contribution in [0.1, 0.15) is 43.7 Å². The van der Waals surface area contributed by atoms with E-state index in [-0.39, 0.29) is 5.91 Å². The number of carbonyl (C=O) groups is 1. The average molecular weight is 262 g/mol. The van der Waals surface area contributed by atoms with Gasteiger partial charge in [0.2, 0.25) is 5.91 Å². The molecular formula is C15H22N2O2. The van der Waals surface area contributed by atoms with Crippen LogP contribution in [0.25, 0.3) is 0 Å². The van der Waals surface area contributed by atoms with Crippen molar-refractivity contribution in [3.05, 3.63) is 29.3 Å². The number of rotatable bonds is 5. The summed E-state index contributed by atoms with van der Waals surface area (Å²) in [5, 5.41) is 0. The Bertz CT molecular complexity index is 479. The van der Waals surface area contributed by atoms with Crippen molar-refractivity contribution in [2.75, 3.05) is 14.2 Å². The zero-order valence-electron chi connectivity index (χ0n) is 12.0. The molecule has 0 heterocycles. The second kappa shape index (κ2) is 5.21. The first-order chi connectivity index (χ1) is 9.05. The van der Waals surface area contributed by atoms with Crippen molar-refractivity contribution in [1.29, 1.82) is 0 Å². The minimum atomic E-state index is -0.413. The molecule has 2 N–H and O–H groups in total. The molecule has 104 valence electrons. The highest BCUT2D eigenvalue weighted by molar-refractivity contribution is 5.91. The van der Waals surface area contributed by atoms with E-state index in [0.29, 0.717) is 5.92 Å². The van der Waals surface area contributed by atoms with Gasteiger partial charge in [-0.05, 0) is 30.4 Å². The number of carbonyl (C=O) groups excluding carboxylic acids is 1. The maximum Gasteiger partial charge on any atom is 0.244 e. The third-order valence-electron chi connectivity index (χ3n) is 3.83. The van der Waals surface area contributed by atoms with Crippen LogP contribution < -0.4 is 15.6 Å². The summed E-state index contributed by atoms with van der Waals surface area (Å²) in [7, 11) is 3.36. The fourth-order valence-corrected chi connectivity index (χ4v) is 2.44. The predicted octanol–water partition coefficient (Wildman–Crippen LogP) is 2.10. The van der Waals surface area contributed by atoms with Gasteiger partial charge < -0.3 is 4.74 Å². The Kier molecular flexibility index (Phi) is 3.80. The first-order valence-electron chi connectivity index (χ1n) is 6.71. The van der Waals surface area contributed by atoms with Gasteiger partial charge in [0.05, 0.1) is 12.5 Å². The number of ether oxygens (including phenoxy) is 1. The molecule has 4 heteroatoms. The van der Waals surface area contributed by atoms with Gasteiger partial charge in [-0.3, -0.25) is 10.2 Å². The first-order valence-corrected chi connectivity index (χ1v) is 6.71. The molecule has 0 radical (unpaired) electrons. The Labute approximate surface area is 114 Å². The number of methoxy groups -OCH3 is 1. The summed E-state index contributed by atoms with van der Waals surface area (Å²) in [6.07, 6.45) is 1.75. The molecule has 1 fully saturated rings. The lowest BCUT2D eigenvalue weighted by molar-refractivity contribution is -0.124. The van der Waals surface area contributed by atoms with Crippen molar-refractivity contribution >= 4 is 5.91 Å². The molecule has 0 unspecified atom stereocenters. The monoisotopic (exact) mass is 262 g/mol. The minimum Gasteiger partial charge on any atom is -0.496 e. The van der Waals surface area contributed by atoms with E-state index in [2.05, 4.69) is 30.8 Å². The summed E-state index contributed by atoms with van der Waals surface area (Å²) in [6.45, 7) is 4.30. The molecule has 1 aromatic carbocycles. The number of hydrazine groups is 1. The van der Waals surface area contributed by atoms with Crippen LogP contribution in [-0.2, 0) is 10.2 Å². The summed E-state index contributed by atoms with van der Waals surface area (Å²) in [6, 6.07) is 6.18. The minimum absolute atomic E-state index is 0.0191. The molecule has 0 aromatic heterocycles. The Hall–Kier alpha value is -1.55. The molecule has 1 amide bonds. The predicted molar refractivity (Wildman–Crippen MR) is 75.2 cm³/mol. The maximum atomic E-state index is 12.2. The number of hydrogen-bond acceptors (Lipinski definition) is 3. The van der Waals surface area contributed by atoms with Crippen LogP contribution in [0.2, 0.25) is 0 Å². The molecule has 0 spiro atoms. The van der Waals surface area contributed by atoms with E-state index < -0.39 is 5.41 Å². The first kappa shape index (κ1) is 13.9. The molecule has 0 bridgehead atoms. The van der Waals surface area contributed by atoms with E-state index in [1.807, 2.05) is 12.1 Å². The van der Waals surface area contributed by atoms with E-state index >= 15 is 0 Å². The highest BCUT2D eigenvalue weighted by Crippen LogP contribution is 2.51. The SMILES string of the molecule is CNNC(=O)C1(c2ccc(C(C)C)cc2OC)CC1. The molecule has 0 aliphatic heterocycles. The third-order valence-corrected chi connectivity index (χ3v) is 3.83. The van der Waals surface area contributed by atoms with Gasteiger partial charge in [-0.15, -0.1) is 0 Å². The largest absolute Gasteiger partial charge is 0.496 e. The molecule has 2 rings (SSSR count). The third kappa shape index (κ3) is 2.45. The van der Waals surface area contributed by atoms with Crippen molar-refractivity contribution in [3.63, 3.8) is 0 Å².